The Balaban J connectivity index is 1.90. The summed E-state index contributed by atoms with van der Waals surface area (Å²) in [5, 5.41) is 0. The normalized spacial score (nSPS) is 41.9. The fraction of sp³-hybridized carbons (Fsp3) is 0.533. The van der Waals surface area contributed by atoms with Gasteiger partial charge in [0.1, 0.15) is 5.60 Å². The number of hydrogen-bond donors (Lipinski definition) is 0. The van der Waals surface area contributed by atoms with Gasteiger partial charge in [-0.25, -0.2) is 0 Å². The van der Waals surface area contributed by atoms with Crippen LogP contribution in [0.2, 0.25) is 0 Å². The molecule has 0 amide bonds. The number of hydrogen-bond acceptors (Lipinski definition) is 3. The summed E-state index contributed by atoms with van der Waals surface area (Å²) in [6.07, 6.45) is 6.16. The lowest BCUT2D eigenvalue weighted by Gasteiger charge is -2.38. The molecule has 1 saturated carbocycles. The van der Waals surface area contributed by atoms with Crippen LogP contribution in [0.3, 0.4) is 0 Å². The highest BCUT2D eigenvalue weighted by atomic mass is 16.6. The zero-order valence-corrected chi connectivity index (χ0v) is 10.7. The van der Waals surface area contributed by atoms with Gasteiger partial charge in [-0.15, -0.1) is 0 Å². The molecule has 0 radical (unpaired) electrons. The summed E-state index contributed by atoms with van der Waals surface area (Å²) in [5.74, 6) is 0.311. The van der Waals surface area contributed by atoms with E-state index in [9.17, 15) is 4.79 Å². The van der Waals surface area contributed by atoms with Gasteiger partial charge in [0, 0.05) is 17.4 Å². The van der Waals surface area contributed by atoms with Crippen LogP contribution in [0.4, 0.5) is 0 Å². The quantitative estimate of drug-likeness (QED) is 0.713. The van der Waals surface area contributed by atoms with Gasteiger partial charge in [-0.05, 0) is 31.4 Å². The highest BCUT2D eigenvalue weighted by Crippen LogP contribution is 2.71. The smallest absolute Gasteiger partial charge is 0.158 e. The summed E-state index contributed by atoms with van der Waals surface area (Å²) < 4.78 is 11.3. The number of epoxide rings is 1. The third-order valence-electron chi connectivity index (χ3n) is 5.27. The van der Waals surface area contributed by atoms with Gasteiger partial charge >= 0.3 is 0 Å². The Hall–Kier alpha value is -1.35. The molecule has 3 aliphatic rings. The van der Waals surface area contributed by atoms with Crippen molar-refractivity contribution in [2.75, 3.05) is 0 Å². The molecule has 1 unspecified atom stereocenters. The van der Waals surface area contributed by atoms with Gasteiger partial charge in [-0.2, -0.15) is 0 Å². The molecule has 0 aromatic carbocycles. The van der Waals surface area contributed by atoms with E-state index in [1.54, 1.807) is 12.5 Å². The van der Waals surface area contributed by atoms with Crippen molar-refractivity contribution in [1.82, 2.24) is 0 Å². The van der Waals surface area contributed by atoms with E-state index in [0.29, 0.717) is 12.2 Å². The van der Waals surface area contributed by atoms with E-state index < -0.39 is 0 Å². The molecule has 3 nitrogen and oxygen atoms in total. The monoisotopic (exact) mass is 244 g/mol. The van der Waals surface area contributed by atoms with Gasteiger partial charge in [0.15, 0.2) is 5.78 Å². The summed E-state index contributed by atoms with van der Waals surface area (Å²) >= 11 is 0. The van der Waals surface area contributed by atoms with Crippen molar-refractivity contribution < 1.29 is 13.9 Å². The van der Waals surface area contributed by atoms with E-state index in [1.165, 1.54) is 5.57 Å². The first-order valence-electron chi connectivity index (χ1n) is 6.53. The molecule has 1 aliphatic heterocycles. The van der Waals surface area contributed by atoms with E-state index in [-0.39, 0.29) is 17.1 Å². The minimum atomic E-state index is -0.225. The van der Waals surface area contributed by atoms with E-state index in [0.717, 1.165) is 24.0 Å². The second kappa shape index (κ2) is 2.97. The van der Waals surface area contributed by atoms with Crippen LogP contribution in [-0.2, 0) is 15.1 Å². The lowest BCUT2D eigenvalue weighted by Crippen LogP contribution is -2.36. The van der Waals surface area contributed by atoms with E-state index in [2.05, 4.69) is 6.92 Å². The van der Waals surface area contributed by atoms with Crippen LogP contribution < -0.4 is 0 Å². The van der Waals surface area contributed by atoms with E-state index in [4.69, 9.17) is 9.15 Å². The van der Waals surface area contributed by atoms with Crippen LogP contribution in [-0.4, -0.2) is 11.9 Å². The molecule has 0 bridgehead atoms. The number of carbonyl (C=O) groups excluding carboxylic acids is 1. The van der Waals surface area contributed by atoms with Gasteiger partial charge < -0.3 is 9.15 Å². The topological polar surface area (TPSA) is 42.7 Å². The Morgan fingerprint density at radius 2 is 2.28 bits per heavy atom. The fourth-order valence-corrected chi connectivity index (χ4v) is 4.17. The number of furan rings is 1. The van der Waals surface area contributed by atoms with Crippen LogP contribution in [0, 0.1) is 5.41 Å². The number of fused-ring (bicyclic) bond motifs is 3. The van der Waals surface area contributed by atoms with Crippen LogP contribution >= 0.6 is 0 Å². The maximum atomic E-state index is 11.9. The van der Waals surface area contributed by atoms with Crippen molar-refractivity contribution in [3.63, 3.8) is 0 Å². The number of ketones is 1. The molecule has 3 atom stereocenters. The van der Waals surface area contributed by atoms with Crippen molar-refractivity contribution in [2.24, 2.45) is 5.41 Å². The molecular formula is C15H16O3. The second-order valence-corrected chi connectivity index (χ2v) is 5.92. The van der Waals surface area contributed by atoms with Gasteiger partial charge in [-0.1, -0.05) is 12.5 Å². The minimum Gasteiger partial charge on any atom is -0.472 e. The molecule has 4 rings (SSSR count). The molecule has 1 aromatic rings. The average Bonchev–Trinajstić information content (AvgIpc) is 2.75. The average molecular weight is 244 g/mol. The number of ether oxygens (including phenoxy) is 1. The van der Waals surface area contributed by atoms with Crippen molar-refractivity contribution in [1.29, 1.82) is 0 Å². The predicted octanol–water partition coefficient (Wildman–Crippen LogP) is 2.96. The van der Waals surface area contributed by atoms with Gasteiger partial charge in [-0.3, -0.25) is 4.79 Å². The molecule has 1 saturated heterocycles. The number of carbonyl (C=O) groups is 1. The first kappa shape index (κ1) is 10.6. The standard InChI is InChI=1S/C15H16O3/c1-9-11-7-13-15(18-13,10-4-6-17-8-10)14(11,2)5-3-12(9)16/h4,6,8,13H,3,5,7H2,1-2H3/t13?,14-,15+/m1/s1. The van der Waals surface area contributed by atoms with Gasteiger partial charge in [0.25, 0.3) is 0 Å². The van der Waals surface area contributed by atoms with Crippen molar-refractivity contribution in [3.05, 3.63) is 35.3 Å². The van der Waals surface area contributed by atoms with Crippen LogP contribution in [0.15, 0.2) is 34.2 Å². The summed E-state index contributed by atoms with van der Waals surface area (Å²) in [7, 11) is 0. The first-order chi connectivity index (χ1) is 8.59. The minimum absolute atomic E-state index is 0.0282. The highest BCUT2D eigenvalue weighted by molar-refractivity contribution is 5.97. The van der Waals surface area contributed by atoms with Crippen LogP contribution in [0.1, 0.15) is 38.7 Å². The molecule has 0 spiro atoms. The van der Waals surface area contributed by atoms with E-state index >= 15 is 0 Å². The molecule has 0 N–H and O–H groups in total. The number of Topliss-reactive ketones (excluding diaryl/α,β-unsaturated/α-hetero) is 1. The second-order valence-electron chi connectivity index (χ2n) is 5.92. The van der Waals surface area contributed by atoms with Crippen LogP contribution in [0.25, 0.3) is 0 Å². The molecule has 18 heavy (non-hydrogen) atoms. The highest BCUT2D eigenvalue weighted by Gasteiger charge is 2.74. The molecular weight excluding hydrogens is 228 g/mol. The van der Waals surface area contributed by atoms with Gasteiger partial charge in [0.2, 0.25) is 0 Å². The first-order valence-corrected chi connectivity index (χ1v) is 6.53. The third-order valence-corrected chi connectivity index (χ3v) is 5.27. The zero-order chi connectivity index (χ0) is 12.5. The van der Waals surface area contributed by atoms with Crippen molar-refractivity contribution in [2.45, 2.75) is 44.8 Å². The number of rotatable bonds is 1. The third kappa shape index (κ3) is 0.948. The summed E-state index contributed by atoms with van der Waals surface area (Å²) in [5.41, 5.74) is 3.17. The molecule has 3 heteroatoms. The Labute approximate surface area is 106 Å². The largest absolute Gasteiger partial charge is 0.472 e. The van der Waals surface area contributed by atoms with Crippen molar-refractivity contribution >= 4 is 5.78 Å². The molecule has 94 valence electrons. The van der Waals surface area contributed by atoms with Crippen molar-refractivity contribution in [3.8, 4) is 0 Å². The fourth-order valence-electron chi connectivity index (χ4n) is 4.17. The SMILES string of the molecule is CC1=C2CC3O[C@]3(c3ccoc3)[C@]2(C)CCC1=O. The lowest BCUT2D eigenvalue weighted by atomic mass is 9.65. The Bertz CT molecular complexity index is 569. The number of allylic oxidation sites excluding steroid dienone is 1. The Kier molecular flexibility index (Phi) is 1.74. The predicted molar refractivity (Wildman–Crippen MR) is 64.9 cm³/mol. The Morgan fingerprint density at radius 1 is 1.44 bits per heavy atom. The summed E-state index contributed by atoms with van der Waals surface area (Å²) in [6, 6.07) is 2.00. The summed E-state index contributed by atoms with van der Waals surface area (Å²) in [6.45, 7) is 4.22. The maximum absolute atomic E-state index is 11.9. The molecule has 2 fully saturated rings. The molecule has 2 heterocycles. The summed E-state index contributed by atoms with van der Waals surface area (Å²) in [4.78, 5) is 11.9. The zero-order valence-electron chi connectivity index (χ0n) is 10.7. The van der Waals surface area contributed by atoms with Gasteiger partial charge in [0.05, 0.1) is 18.6 Å². The lowest BCUT2D eigenvalue weighted by molar-refractivity contribution is -0.117. The van der Waals surface area contributed by atoms with Crippen LogP contribution in [0.5, 0.6) is 0 Å². The molecule has 2 aliphatic carbocycles. The molecule has 1 aromatic heterocycles. The van der Waals surface area contributed by atoms with E-state index in [1.807, 2.05) is 13.0 Å². The Morgan fingerprint density at radius 3 is 3.00 bits per heavy atom. The maximum Gasteiger partial charge on any atom is 0.158 e.